The molecule has 1 N–H and O–H groups in total. The van der Waals surface area contributed by atoms with Crippen molar-refractivity contribution in [1.29, 1.82) is 0 Å². The molecule has 0 atom stereocenters. The Kier molecular flexibility index (Phi) is 5.50. The second-order valence-corrected chi connectivity index (χ2v) is 6.40. The molecule has 1 aromatic heterocycles. The standard InChI is InChI=1S/C18H23N5O3/c1-3-26-15-6-4-14(5-7-15)21-17-16(23(24)25)18(20-12-19-17)22-10-8-13(2)9-11-22/h4-7,12-13H,3,8-11H2,1-2H3,(H,19,20,21). The van der Waals surface area contributed by atoms with Gasteiger partial charge < -0.3 is 15.0 Å². The van der Waals surface area contributed by atoms with Crippen LogP contribution in [0.3, 0.4) is 0 Å². The number of piperidine rings is 1. The van der Waals surface area contributed by atoms with E-state index >= 15 is 0 Å². The Morgan fingerprint density at radius 2 is 1.96 bits per heavy atom. The number of hydrogen-bond donors (Lipinski definition) is 1. The molecule has 2 aromatic rings. The van der Waals surface area contributed by atoms with E-state index in [-0.39, 0.29) is 11.5 Å². The Morgan fingerprint density at radius 3 is 2.58 bits per heavy atom. The lowest BCUT2D eigenvalue weighted by Gasteiger charge is -2.30. The zero-order valence-electron chi connectivity index (χ0n) is 15.0. The highest BCUT2D eigenvalue weighted by Crippen LogP contribution is 2.35. The second-order valence-electron chi connectivity index (χ2n) is 6.40. The van der Waals surface area contributed by atoms with E-state index < -0.39 is 4.92 Å². The summed E-state index contributed by atoms with van der Waals surface area (Å²) < 4.78 is 5.41. The Hall–Kier alpha value is -2.90. The molecule has 1 aliphatic rings. The van der Waals surface area contributed by atoms with Crippen molar-refractivity contribution in [3.8, 4) is 5.75 Å². The van der Waals surface area contributed by atoms with Crippen LogP contribution in [0.25, 0.3) is 0 Å². The van der Waals surface area contributed by atoms with Gasteiger partial charge in [0.2, 0.25) is 11.6 Å². The SMILES string of the molecule is CCOc1ccc(Nc2ncnc(N3CCC(C)CC3)c2[N+](=O)[O-])cc1. The van der Waals surface area contributed by atoms with Gasteiger partial charge in [-0.25, -0.2) is 9.97 Å². The van der Waals surface area contributed by atoms with Crippen LogP contribution in [-0.4, -0.2) is 34.6 Å². The van der Waals surface area contributed by atoms with E-state index in [1.54, 1.807) is 12.1 Å². The molecule has 0 aliphatic carbocycles. The van der Waals surface area contributed by atoms with Gasteiger partial charge in [-0.05, 0) is 49.9 Å². The minimum atomic E-state index is -0.412. The van der Waals surface area contributed by atoms with E-state index in [2.05, 4.69) is 22.2 Å². The van der Waals surface area contributed by atoms with Gasteiger partial charge in [0.15, 0.2) is 0 Å². The lowest BCUT2D eigenvalue weighted by Crippen LogP contribution is -2.34. The summed E-state index contributed by atoms with van der Waals surface area (Å²) in [5, 5.41) is 14.8. The molecule has 1 saturated heterocycles. The maximum Gasteiger partial charge on any atom is 0.353 e. The summed E-state index contributed by atoms with van der Waals surface area (Å²) in [5.41, 5.74) is 0.615. The van der Waals surface area contributed by atoms with E-state index in [1.165, 1.54) is 6.33 Å². The number of nitro groups is 1. The van der Waals surface area contributed by atoms with E-state index in [1.807, 2.05) is 24.0 Å². The van der Waals surface area contributed by atoms with Crippen molar-refractivity contribution in [2.75, 3.05) is 29.9 Å². The van der Waals surface area contributed by atoms with Crippen molar-refractivity contribution in [3.63, 3.8) is 0 Å². The van der Waals surface area contributed by atoms with Crippen LogP contribution >= 0.6 is 0 Å². The number of ether oxygens (including phenoxy) is 1. The highest BCUT2D eigenvalue weighted by Gasteiger charge is 2.29. The molecule has 0 radical (unpaired) electrons. The smallest absolute Gasteiger partial charge is 0.353 e. The number of nitrogens with one attached hydrogen (secondary N) is 1. The maximum atomic E-state index is 11.7. The first-order valence-electron chi connectivity index (χ1n) is 8.82. The molecule has 8 heteroatoms. The van der Waals surface area contributed by atoms with E-state index in [0.29, 0.717) is 24.0 Å². The molecule has 26 heavy (non-hydrogen) atoms. The Balaban J connectivity index is 1.87. The molecule has 138 valence electrons. The predicted octanol–water partition coefficient (Wildman–Crippen LogP) is 3.76. The van der Waals surface area contributed by atoms with Crippen LogP contribution in [-0.2, 0) is 0 Å². The fraction of sp³-hybridized carbons (Fsp3) is 0.444. The van der Waals surface area contributed by atoms with E-state index in [0.717, 1.165) is 31.7 Å². The van der Waals surface area contributed by atoms with Gasteiger partial charge in [0, 0.05) is 18.8 Å². The van der Waals surface area contributed by atoms with Crippen LogP contribution in [0.1, 0.15) is 26.7 Å². The summed E-state index contributed by atoms with van der Waals surface area (Å²) in [6.45, 7) is 6.23. The van der Waals surface area contributed by atoms with Crippen molar-refractivity contribution in [2.24, 2.45) is 5.92 Å². The zero-order chi connectivity index (χ0) is 18.5. The molecular weight excluding hydrogens is 334 g/mol. The van der Waals surface area contributed by atoms with Gasteiger partial charge in [-0.15, -0.1) is 0 Å². The number of rotatable bonds is 6. The number of hydrogen-bond acceptors (Lipinski definition) is 7. The van der Waals surface area contributed by atoms with E-state index in [4.69, 9.17) is 4.74 Å². The third kappa shape index (κ3) is 4.01. The summed E-state index contributed by atoms with van der Waals surface area (Å²) in [6, 6.07) is 7.23. The van der Waals surface area contributed by atoms with Crippen molar-refractivity contribution >= 4 is 23.0 Å². The van der Waals surface area contributed by atoms with Crippen molar-refractivity contribution < 1.29 is 9.66 Å². The van der Waals surface area contributed by atoms with Gasteiger partial charge in [0.05, 0.1) is 11.5 Å². The van der Waals surface area contributed by atoms with Crippen LogP contribution in [0.2, 0.25) is 0 Å². The largest absolute Gasteiger partial charge is 0.494 e. The summed E-state index contributed by atoms with van der Waals surface area (Å²) in [4.78, 5) is 21.6. The van der Waals surface area contributed by atoms with Gasteiger partial charge in [0.1, 0.15) is 12.1 Å². The summed E-state index contributed by atoms with van der Waals surface area (Å²) >= 11 is 0. The van der Waals surface area contributed by atoms with Crippen molar-refractivity contribution in [3.05, 3.63) is 40.7 Å². The first kappa shape index (κ1) is 17.9. The van der Waals surface area contributed by atoms with Crippen LogP contribution in [0.5, 0.6) is 5.75 Å². The fourth-order valence-corrected chi connectivity index (χ4v) is 3.02. The molecule has 3 rings (SSSR count). The summed E-state index contributed by atoms with van der Waals surface area (Å²) in [7, 11) is 0. The quantitative estimate of drug-likeness (QED) is 0.621. The first-order valence-corrected chi connectivity index (χ1v) is 8.82. The highest BCUT2D eigenvalue weighted by molar-refractivity contribution is 5.74. The molecule has 1 aromatic carbocycles. The molecule has 8 nitrogen and oxygen atoms in total. The summed E-state index contributed by atoms with van der Waals surface area (Å²) in [6.07, 6.45) is 3.38. The normalized spacial score (nSPS) is 14.9. The Bertz CT molecular complexity index is 758. The second kappa shape index (κ2) is 7.99. The molecule has 0 amide bonds. The van der Waals surface area contributed by atoms with Crippen molar-refractivity contribution in [2.45, 2.75) is 26.7 Å². The van der Waals surface area contributed by atoms with Crippen LogP contribution in [0.4, 0.5) is 23.0 Å². The lowest BCUT2D eigenvalue weighted by molar-refractivity contribution is -0.383. The Morgan fingerprint density at radius 1 is 1.27 bits per heavy atom. The number of nitrogens with zero attached hydrogens (tertiary/aromatic N) is 4. The van der Waals surface area contributed by atoms with E-state index in [9.17, 15) is 10.1 Å². The monoisotopic (exact) mass is 357 g/mol. The lowest BCUT2D eigenvalue weighted by atomic mass is 9.99. The number of benzene rings is 1. The van der Waals surface area contributed by atoms with Crippen LogP contribution in [0, 0.1) is 16.0 Å². The molecular formula is C18H23N5O3. The molecule has 2 heterocycles. The van der Waals surface area contributed by atoms with Gasteiger partial charge >= 0.3 is 5.69 Å². The van der Waals surface area contributed by atoms with Gasteiger partial charge in [-0.3, -0.25) is 10.1 Å². The number of anilines is 3. The molecule has 0 saturated carbocycles. The minimum Gasteiger partial charge on any atom is -0.494 e. The third-order valence-corrected chi connectivity index (χ3v) is 4.50. The highest BCUT2D eigenvalue weighted by atomic mass is 16.6. The summed E-state index contributed by atoms with van der Waals surface area (Å²) in [5.74, 6) is 1.96. The topological polar surface area (TPSA) is 93.4 Å². The van der Waals surface area contributed by atoms with Crippen LogP contribution < -0.4 is 15.0 Å². The van der Waals surface area contributed by atoms with Gasteiger partial charge in [-0.2, -0.15) is 0 Å². The molecule has 0 unspecified atom stereocenters. The average molecular weight is 357 g/mol. The van der Waals surface area contributed by atoms with Crippen LogP contribution in [0.15, 0.2) is 30.6 Å². The van der Waals surface area contributed by atoms with Gasteiger partial charge in [-0.1, -0.05) is 6.92 Å². The first-order chi connectivity index (χ1) is 12.6. The number of aromatic nitrogens is 2. The maximum absolute atomic E-state index is 11.7. The fourth-order valence-electron chi connectivity index (χ4n) is 3.02. The molecule has 0 spiro atoms. The zero-order valence-corrected chi connectivity index (χ0v) is 15.0. The molecule has 0 bridgehead atoms. The average Bonchev–Trinajstić information content (AvgIpc) is 2.64. The van der Waals surface area contributed by atoms with Crippen molar-refractivity contribution in [1.82, 2.24) is 9.97 Å². The third-order valence-electron chi connectivity index (χ3n) is 4.50. The molecule has 1 aliphatic heterocycles. The van der Waals surface area contributed by atoms with Gasteiger partial charge in [0.25, 0.3) is 0 Å². The molecule has 1 fully saturated rings. The minimum absolute atomic E-state index is 0.0871. The predicted molar refractivity (Wildman–Crippen MR) is 100 cm³/mol. The Labute approximate surface area is 152 Å².